The van der Waals surface area contributed by atoms with Gasteiger partial charge >= 0.3 is 93.9 Å². The van der Waals surface area contributed by atoms with Crippen molar-refractivity contribution in [2.45, 2.75) is 0 Å². The summed E-state index contributed by atoms with van der Waals surface area (Å²) in [5, 5.41) is 0. The van der Waals surface area contributed by atoms with Crippen LogP contribution in [0, 0.1) is 0 Å². The van der Waals surface area contributed by atoms with Crippen LogP contribution >= 0.6 is 0 Å². The monoisotopic (exact) mass is 460 g/mol. The van der Waals surface area contributed by atoms with Gasteiger partial charge in [0.05, 0.1) is 0 Å². The average Bonchev–Trinajstić information content (AvgIpc) is 0. The van der Waals surface area contributed by atoms with E-state index in [1.165, 1.54) is 0 Å². The molecule has 0 bridgehead atoms. The molecule has 0 saturated carbocycles. The first-order valence-corrected chi connectivity index (χ1v) is 0. The largest absolute Gasteiger partial charge is 2.00 e. The predicted octanol–water partition coefficient (Wildman–Crippen LogP) is -0.129. The van der Waals surface area contributed by atoms with E-state index in [0.717, 1.165) is 0 Å². The third-order valence-corrected chi connectivity index (χ3v) is 0. The summed E-state index contributed by atoms with van der Waals surface area (Å²) in [7, 11) is 0. The fourth-order valence-corrected chi connectivity index (χ4v) is 0. The second kappa shape index (κ2) is 27.7. The van der Waals surface area contributed by atoms with E-state index in [1.807, 2.05) is 0 Å². The maximum absolute atomic E-state index is 0. The van der Waals surface area contributed by atoms with Crippen LogP contribution in [0.1, 0.15) is 0 Å². The molecule has 0 aliphatic rings. The summed E-state index contributed by atoms with van der Waals surface area (Å²) in [4.78, 5) is 0. The second-order valence-corrected chi connectivity index (χ2v) is 0. The van der Waals surface area contributed by atoms with E-state index in [0.29, 0.717) is 0 Å². The normalized spacial score (nSPS) is 0. The van der Waals surface area contributed by atoms with Crippen molar-refractivity contribution in [1.29, 1.82) is 0 Å². The van der Waals surface area contributed by atoms with E-state index < -0.39 is 0 Å². The van der Waals surface area contributed by atoms with Crippen molar-refractivity contribution >= 4 is 0 Å². The molecule has 0 rings (SSSR count). The zero-order valence-electron chi connectivity index (χ0n) is 3.24. The third kappa shape index (κ3) is 19.3. The standard InChI is InChI=1S/Cd.Hg.O.2Zn/q+2;+1;-2;2*+2. The minimum atomic E-state index is 0. The Hall–Kier alpha value is 3.06. The summed E-state index contributed by atoms with van der Waals surface area (Å²) in [5.41, 5.74) is 0. The molecular formula is CdHgOZn2+5. The van der Waals surface area contributed by atoms with E-state index in [2.05, 4.69) is 0 Å². The summed E-state index contributed by atoms with van der Waals surface area (Å²) in [6, 6.07) is 0. The Morgan fingerprint density at radius 2 is 0.800 bits per heavy atom. The van der Waals surface area contributed by atoms with Gasteiger partial charge in [0.2, 0.25) is 0 Å². The van der Waals surface area contributed by atoms with Crippen molar-refractivity contribution in [1.82, 2.24) is 0 Å². The van der Waals surface area contributed by atoms with E-state index in [9.17, 15) is 0 Å². The molecule has 0 heterocycles. The van der Waals surface area contributed by atoms with Gasteiger partial charge in [0.15, 0.2) is 0 Å². The van der Waals surface area contributed by atoms with E-state index in [1.54, 1.807) is 0 Å². The first-order valence-electron chi connectivity index (χ1n) is 0. The topological polar surface area (TPSA) is 28.5 Å². The Bertz CT molecular complexity index is 9.61. The molecule has 9 valence electrons. The maximum atomic E-state index is 0. The van der Waals surface area contributed by atoms with Gasteiger partial charge in [0.25, 0.3) is 0 Å². The van der Waals surface area contributed by atoms with Gasteiger partial charge in [-0.25, -0.2) is 0 Å². The van der Waals surface area contributed by atoms with Gasteiger partial charge in [-0.15, -0.1) is 0 Å². The summed E-state index contributed by atoms with van der Waals surface area (Å²) < 4.78 is 0. The summed E-state index contributed by atoms with van der Waals surface area (Å²) in [6.45, 7) is 0. The Morgan fingerprint density at radius 1 is 0.800 bits per heavy atom. The molecule has 0 aromatic heterocycles. The predicted molar refractivity (Wildman–Crippen MR) is 0.686 cm³/mol. The van der Waals surface area contributed by atoms with Crippen molar-refractivity contribution in [3.63, 3.8) is 0 Å². The Kier molecular flexibility index (Phi) is 237. The van der Waals surface area contributed by atoms with Gasteiger partial charge in [-0.2, -0.15) is 0 Å². The molecule has 0 amide bonds. The number of hydrogen-bond donors (Lipinski definition) is 0. The van der Waals surface area contributed by atoms with Gasteiger partial charge < -0.3 is 5.48 Å². The smallest absolute Gasteiger partial charge is 2.00 e. The van der Waals surface area contributed by atoms with Crippen LogP contribution in [-0.4, -0.2) is 0 Å². The van der Waals surface area contributed by atoms with Gasteiger partial charge in [0.1, 0.15) is 0 Å². The van der Waals surface area contributed by atoms with Gasteiger partial charge in [-0.05, 0) is 0 Å². The molecule has 0 atom stereocenters. The van der Waals surface area contributed by atoms with Crippen molar-refractivity contribution < 1.29 is 99.4 Å². The molecule has 0 saturated heterocycles. The number of hydrogen-bond acceptors (Lipinski definition) is 0. The van der Waals surface area contributed by atoms with Crippen LogP contribution < -0.4 is 0 Å². The summed E-state index contributed by atoms with van der Waals surface area (Å²) in [6.07, 6.45) is 0. The van der Waals surface area contributed by atoms with Crippen LogP contribution in [0.15, 0.2) is 0 Å². The number of rotatable bonds is 0. The van der Waals surface area contributed by atoms with Crippen LogP contribution in [0.3, 0.4) is 0 Å². The molecule has 5 heavy (non-hydrogen) atoms. The quantitative estimate of drug-likeness (QED) is 0.452. The van der Waals surface area contributed by atoms with Crippen LogP contribution in [0.5, 0.6) is 0 Å². The molecule has 0 spiro atoms. The second-order valence-electron chi connectivity index (χ2n) is 0. The van der Waals surface area contributed by atoms with Gasteiger partial charge in [0, 0.05) is 0 Å². The minimum absolute atomic E-state index is 0. The van der Waals surface area contributed by atoms with Gasteiger partial charge in [-0.1, -0.05) is 0 Å². The fraction of sp³-hybridized carbons (Fsp3) is 0. The third-order valence-electron chi connectivity index (χ3n) is 0. The summed E-state index contributed by atoms with van der Waals surface area (Å²) in [5.74, 6) is 0. The van der Waals surface area contributed by atoms with E-state index in [-0.39, 0.29) is 99.4 Å². The van der Waals surface area contributed by atoms with Crippen molar-refractivity contribution in [3.05, 3.63) is 0 Å². The first-order chi connectivity index (χ1) is 0. The fourth-order valence-electron chi connectivity index (χ4n) is 0. The molecule has 0 fully saturated rings. The molecule has 1 nitrogen and oxygen atoms in total. The Balaban J connectivity index is 0. The zero-order valence-corrected chi connectivity index (χ0v) is 18.7. The molecule has 0 aromatic rings. The van der Waals surface area contributed by atoms with Gasteiger partial charge in [-0.3, -0.25) is 0 Å². The summed E-state index contributed by atoms with van der Waals surface area (Å²) >= 11 is 0. The molecule has 0 aliphatic heterocycles. The van der Waals surface area contributed by atoms with E-state index in [4.69, 9.17) is 0 Å². The Labute approximate surface area is 97.5 Å². The molecule has 0 N–H and O–H groups in total. The van der Waals surface area contributed by atoms with Crippen molar-refractivity contribution in [3.8, 4) is 0 Å². The SMILES string of the molecule is [Cd+2].[Hg+].[O-2].[Zn+2].[Zn+2]. The van der Waals surface area contributed by atoms with Crippen LogP contribution in [0.4, 0.5) is 0 Å². The van der Waals surface area contributed by atoms with Crippen LogP contribution in [0.2, 0.25) is 0 Å². The molecule has 0 unspecified atom stereocenters. The molecule has 1 radical (unpaired) electrons. The molecule has 0 aliphatic carbocycles. The molecule has 0 aromatic carbocycles. The van der Waals surface area contributed by atoms with Crippen LogP contribution in [0.25, 0.3) is 0 Å². The average molecular weight is 460 g/mol. The zero-order chi connectivity index (χ0) is 0. The van der Waals surface area contributed by atoms with Crippen molar-refractivity contribution in [2.75, 3.05) is 0 Å². The minimum Gasteiger partial charge on any atom is -2.00 e. The van der Waals surface area contributed by atoms with Crippen molar-refractivity contribution in [2.24, 2.45) is 0 Å². The first kappa shape index (κ1) is 42.9. The van der Waals surface area contributed by atoms with Crippen LogP contribution in [-0.2, 0) is 99.4 Å². The molecule has 5 heteroatoms. The van der Waals surface area contributed by atoms with E-state index >= 15 is 0 Å². The Morgan fingerprint density at radius 3 is 0.800 bits per heavy atom. The maximum Gasteiger partial charge on any atom is 2.00 e. The molecular weight excluding hydrogens is 460 g/mol.